The molecule has 1 aromatic carbocycles. The Bertz CT molecular complexity index is 1200. The van der Waals surface area contributed by atoms with E-state index in [9.17, 15) is 47.0 Å². The lowest BCUT2D eigenvalue weighted by Crippen LogP contribution is -2.58. The van der Waals surface area contributed by atoms with Crippen LogP contribution in [0, 0.1) is 5.92 Å². The summed E-state index contributed by atoms with van der Waals surface area (Å²) in [6.45, 7) is 5.92. The van der Waals surface area contributed by atoms with Crippen molar-refractivity contribution >= 4 is 53.0 Å². The number of hydrogen-bond donors (Lipinski definition) is 7. The molecule has 7 N–H and O–H groups in total. The number of rotatable bonds is 14. The van der Waals surface area contributed by atoms with Gasteiger partial charge in [-0.15, -0.1) is 11.6 Å². The smallest absolute Gasteiger partial charge is 0.490 e. The fourth-order valence-corrected chi connectivity index (χ4v) is 3.48. The molecule has 0 aliphatic rings. The summed E-state index contributed by atoms with van der Waals surface area (Å²) in [6, 6.07) is 1.43. The molecular weight excluding hydrogens is 621 g/mol. The highest BCUT2D eigenvalue weighted by atomic mass is 35.5. The number of hydrogen-bond acceptors (Lipinski definition) is 8. The van der Waals surface area contributed by atoms with Crippen LogP contribution in [0.1, 0.15) is 39.7 Å². The van der Waals surface area contributed by atoms with Gasteiger partial charge in [-0.25, -0.2) is 4.79 Å². The monoisotopic (exact) mass is 654 g/mol. The van der Waals surface area contributed by atoms with E-state index in [-0.39, 0.29) is 12.2 Å². The van der Waals surface area contributed by atoms with Gasteiger partial charge in [-0.2, -0.15) is 13.2 Å². The number of amides is 4. The van der Waals surface area contributed by atoms with Crippen molar-refractivity contribution in [3.05, 3.63) is 29.8 Å². The largest absolute Gasteiger partial charge is 0.508 e. The first-order chi connectivity index (χ1) is 20.2. The SMILES string of the molecule is CC(=O)N[C@@H](Cc1ccc(O)cc1)C(=O)N[C@H](C(=O)N[C@@H](C)C(=O)N[C@@H](CC(=O)O)C(=O)CCl)C(C)C.O=C(O)C(F)(F)F. The van der Waals surface area contributed by atoms with Crippen molar-refractivity contribution in [1.29, 1.82) is 0 Å². The van der Waals surface area contributed by atoms with Crippen LogP contribution in [0.2, 0.25) is 0 Å². The van der Waals surface area contributed by atoms with Gasteiger partial charge in [0, 0.05) is 13.3 Å². The van der Waals surface area contributed by atoms with Crippen LogP contribution in [-0.4, -0.2) is 92.9 Å². The van der Waals surface area contributed by atoms with Crippen molar-refractivity contribution in [2.45, 2.75) is 70.9 Å². The molecule has 0 aliphatic carbocycles. The van der Waals surface area contributed by atoms with Gasteiger partial charge in [0.2, 0.25) is 23.6 Å². The maximum absolute atomic E-state index is 13.0. The number of carboxylic acids is 2. The number of carbonyl (C=O) groups is 7. The Morgan fingerprint density at radius 1 is 0.818 bits per heavy atom. The van der Waals surface area contributed by atoms with Crippen LogP contribution in [-0.2, 0) is 40.0 Å². The number of halogens is 4. The molecule has 0 saturated heterocycles. The van der Waals surface area contributed by atoms with Gasteiger partial charge in [0.15, 0.2) is 5.78 Å². The van der Waals surface area contributed by atoms with Gasteiger partial charge in [-0.3, -0.25) is 28.8 Å². The van der Waals surface area contributed by atoms with Crippen molar-refractivity contribution in [3.8, 4) is 5.75 Å². The molecule has 4 atom stereocenters. The number of Topliss-reactive ketones (excluding diaryl/α,β-unsaturated/α-hetero) is 1. The Morgan fingerprint density at radius 3 is 1.75 bits per heavy atom. The molecule has 0 saturated carbocycles. The molecule has 0 fully saturated rings. The number of benzene rings is 1. The quantitative estimate of drug-likeness (QED) is 0.137. The van der Waals surface area contributed by atoms with Gasteiger partial charge >= 0.3 is 18.1 Å². The van der Waals surface area contributed by atoms with Crippen LogP contribution in [0.5, 0.6) is 5.75 Å². The number of nitrogens with one attached hydrogen (secondary N) is 4. The third-order valence-electron chi connectivity index (χ3n) is 5.53. The molecule has 0 heterocycles. The topological polar surface area (TPSA) is 228 Å². The van der Waals surface area contributed by atoms with Crippen molar-refractivity contribution < 1.29 is 62.1 Å². The lowest BCUT2D eigenvalue weighted by molar-refractivity contribution is -0.192. The van der Waals surface area contributed by atoms with E-state index < -0.39 is 89.9 Å². The summed E-state index contributed by atoms with van der Waals surface area (Å²) in [5, 5.41) is 35.4. The van der Waals surface area contributed by atoms with Crippen molar-refractivity contribution in [2.75, 3.05) is 5.88 Å². The van der Waals surface area contributed by atoms with Crippen molar-refractivity contribution in [3.63, 3.8) is 0 Å². The van der Waals surface area contributed by atoms with Crippen LogP contribution in [0.3, 0.4) is 0 Å². The number of aliphatic carboxylic acids is 2. The summed E-state index contributed by atoms with van der Waals surface area (Å²) in [5.74, 6) is -8.24. The standard InChI is InChI=1S/C24H33ClN4O8.C2HF3O2/c1-12(2)21(24(37)26-13(3)22(35)28-17(10-20(33)34)19(32)11-25)29-23(36)18(27-14(4)30)9-15-5-7-16(31)8-6-15;3-2(4,5)1(6)7/h5-8,12-13,17-18,21,31H,9-11H2,1-4H3,(H,26,37)(H,27,30)(H,28,35)(H,29,36)(H,33,34);(H,6,7)/t13-,17-,18-,21-;/m0./s1. The first-order valence-corrected chi connectivity index (χ1v) is 13.3. The van der Waals surface area contributed by atoms with Gasteiger partial charge in [0.1, 0.15) is 23.9 Å². The molecule has 0 aliphatic heterocycles. The molecule has 1 rings (SSSR count). The second-order valence-electron chi connectivity index (χ2n) is 9.65. The predicted molar refractivity (Wildman–Crippen MR) is 147 cm³/mol. The molecule has 0 bridgehead atoms. The van der Waals surface area contributed by atoms with Crippen LogP contribution < -0.4 is 21.3 Å². The summed E-state index contributed by atoms with van der Waals surface area (Å²) in [4.78, 5) is 81.8. The molecule has 0 spiro atoms. The van der Waals surface area contributed by atoms with Crippen molar-refractivity contribution in [2.24, 2.45) is 5.92 Å². The van der Waals surface area contributed by atoms with E-state index in [0.717, 1.165) is 0 Å². The zero-order valence-corrected chi connectivity index (χ0v) is 24.8. The van der Waals surface area contributed by atoms with E-state index in [2.05, 4.69) is 21.3 Å². The first kappa shape index (κ1) is 39.6. The zero-order chi connectivity index (χ0) is 34.4. The zero-order valence-electron chi connectivity index (χ0n) is 24.0. The summed E-state index contributed by atoms with van der Waals surface area (Å²) in [6.07, 6.45) is -5.66. The Labute approximate surface area is 254 Å². The minimum absolute atomic E-state index is 0.0419. The predicted octanol–water partition coefficient (Wildman–Crippen LogP) is 0.486. The number of carboxylic acid groups (broad SMARTS) is 2. The van der Waals surface area contributed by atoms with E-state index in [1.807, 2.05) is 0 Å². The summed E-state index contributed by atoms with van der Waals surface area (Å²) >= 11 is 5.48. The van der Waals surface area contributed by atoms with E-state index in [4.69, 9.17) is 26.6 Å². The fourth-order valence-electron chi connectivity index (χ4n) is 3.29. The number of alkyl halides is 4. The second kappa shape index (κ2) is 18.3. The minimum atomic E-state index is -5.08. The van der Waals surface area contributed by atoms with Gasteiger partial charge in [-0.1, -0.05) is 26.0 Å². The van der Waals surface area contributed by atoms with Gasteiger partial charge in [-0.05, 0) is 30.5 Å². The first-order valence-electron chi connectivity index (χ1n) is 12.8. The molecule has 44 heavy (non-hydrogen) atoms. The Hall–Kier alpha value is -4.41. The molecule has 0 unspecified atom stereocenters. The average molecular weight is 655 g/mol. The second-order valence-corrected chi connectivity index (χ2v) is 9.91. The molecular formula is C26H34ClF3N4O10. The van der Waals surface area contributed by atoms with E-state index in [0.29, 0.717) is 5.56 Å². The van der Waals surface area contributed by atoms with Crippen molar-refractivity contribution in [1.82, 2.24) is 21.3 Å². The number of ketones is 1. The van der Waals surface area contributed by atoms with Crippen LogP contribution in [0.15, 0.2) is 24.3 Å². The lowest BCUT2D eigenvalue weighted by atomic mass is 10.0. The highest BCUT2D eigenvalue weighted by Crippen LogP contribution is 2.13. The number of aromatic hydroxyl groups is 1. The summed E-state index contributed by atoms with van der Waals surface area (Å²) < 4.78 is 31.7. The average Bonchev–Trinajstić information content (AvgIpc) is 2.90. The van der Waals surface area contributed by atoms with Gasteiger partial charge in [0.05, 0.1) is 18.3 Å². The minimum Gasteiger partial charge on any atom is -0.508 e. The third kappa shape index (κ3) is 15.2. The summed E-state index contributed by atoms with van der Waals surface area (Å²) in [5.41, 5.74) is 0.657. The number of phenols is 1. The fraction of sp³-hybridized carbons (Fsp3) is 0.500. The molecule has 1 aromatic rings. The number of carbonyl (C=O) groups excluding carboxylic acids is 5. The van der Waals surface area contributed by atoms with Crippen LogP contribution >= 0.6 is 11.6 Å². The Kier molecular flexibility index (Phi) is 16.5. The van der Waals surface area contributed by atoms with Gasteiger partial charge in [0.25, 0.3) is 0 Å². The van der Waals surface area contributed by atoms with E-state index in [1.165, 1.54) is 26.0 Å². The highest BCUT2D eigenvalue weighted by Gasteiger charge is 2.38. The molecule has 18 heteroatoms. The molecule has 0 radical (unpaired) electrons. The van der Waals surface area contributed by atoms with E-state index >= 15 is 0 Å². The molecule has 246 valence electrons. The Balaban J connectivity index is 0.00000234. The molecule has 14 nitrogen and oxygen atoms in total. The van der Waals surface area contributed by atoms with Gasteiger partial charge < -0.3 is 36.6 Å². The Morgan fingerprint density at radius 2 is 1.34 bits per heavy atom. The van der Waals surface area contributed by atoms with Crippen LogP contribution in [0.4, 0.5) is 13.2 Å². The van der Waals surface area contributed by atoms with E-state index in [1.54, 1.807) is 26.0 Å². The third-order valence-corrected chi connectivity index (χ3v) is 5.79. The van der Waals surface area contributed by atoms with Crippen LogP contribution in [0.25, 0.3) is 0 Å². The molecule has 0 aromatic heterocycles. The maximum atomic E-state index is 13.0. The maximum Gasteiger partial charge on any atom is 0.490 e. The normalized spacial score (nSPS) is 13.6. The summed E-state index contributed by atoms with van der Waals surface area (Å²) in [7, 11) is 0. The molecule has 4 amide bonds. The number of phenolic OH excluding ortho intramolecular Hbond substituents is 1. The highest BCUT2D eigenvalue weighted by molar-refractivity contribution is 6.28. The lowest BCUT2D eigenvalue weighted by Gasteiger charge is -2.27.